The number of anilines is 1. The Morgan fingerprint density at radius 3 is 2.37 bits per heavy atom. The van der Waals surface area contributed by atoms with Gasteiger partial charge in [0.05, 0.1) is 20.9 Å². The molecule has 1 N–H and O–H groups in total. The van der Waals surface area contributed by atoms with E-state index in [1.165, 1.54) is 30.0 Å². The molecule has 196 valence electrons. The molecule has 1 heterocycles. The van der Waals surface area contributed by atoms with Crippen LogP contribution in [0.4, 0.5) is 11.4 Å². The van der Waals surface area contributed by atoms with Crippen molar-refractivity contribution in [3.8, 4) is 17.1 Å². The monoisotopic (exact) mass is 569 g/mol. The van der Waals surface area contributed by atoms with Crippen LogP contribution in [0.25, 0.3) is 17.1 Å². The van der Waals surface area contributed by atoms with E-state index in [1.54, 1.807) is 31.2 Å². The predicted octanol–water partition coefficient (Wildman–Crippen LogP) is 7.39. The molecule has 8 nitrogen and oxygen atoms in total. The Kier molecular flexibility index (Phi) is 8.71. The molecule has 1 aromatic heterocycles. The van der Waals surface area contributed by atoms with E-state index < -0.39 is 10.2 Å². The quantitative estimate of drug-likeness (QED) is 0.128. The van der Waals surface area contributed by atoms with E-state index in [-0.39, 0.29) is 11.6 Å². The third-order valence-corrected chi connectivity index (χ3v) is 7.56. The van der Waals surface area contributed by atoms with Gasteiger partial charge in [0, 0.05) is 28.4 Å². The zero-order chi connectivity index (χ0) is 27.4. The number of benzene rings is 3. The normalized spacial score (nSPS) is 11.8. The van der Waals surface area contributed by atoms with Crippen LogP contribution in [0.3, 0.4) is 0 Å². The fourth-order valence-corrected chi connectivity index (χ4v) is 5.39. The van der Waals surface area contributed by atoms with Crippen LogP contribution in [0.2, 0.25) is 10.0 Å². The number of para-hydroxylation sites is 1. The van der Waals surface area contributed by atoms with Gasteiger partial charge in [-0.05, 0) is 55.2 Å². The molecule has 0 aliphatic heterocycles. The van der Waals surface area contributed by atoms with Crippen molar-refractivity contribution in [3.05, 3.63) is 92.0 Å². The Bertz CT molecular complexity index is 1490. The zero-order valence-corrected chi connectivity index (χ0v) is 23.3. The van der Waals surface area contributed by atoms with Crippen molar-refractivity contribution in [2.45, 2.75) is 44.0 Å². The Morgan fingerprint density at radius 2 is 1.74 bits per heavy atom. The lowest BCUT2D eigenvalue weighted by molar-refractivity contribution is -0.384. The Balaban J connectivity index is 1.76. The highest BCUT2D eigenvalue weighted by Crippen LogP contribution is 2.37. The number of hydrogen-bond donors (Lipinski definition) is 1. The molecule has 4 aromatic rings. The van der Waals surface area contributed by atoms with Crippen LogP contribution in [-0.4, -0.2) is 30.8 Å². The maximum atomic E-state index is 13.1. The lowest BCUT2D eigenvalue weighted by Crippen LogP contribution is -2.23. The average Bonchev–Trinajstić information content (AvgIpc) is 3.30. The van der Waals surface area contributed by atoms with Gasteiger partial charge in [-0.2, -0.15) is 0 Å². The third kappa shape index (κ3) is 5.85. The summed E-state index contributed by atoms with van der Waals surface area (Å²) in [5, 5.41) is 23.7. The second-order valence-electron chi connectivity index (χ2n) is 8.45. The molecule has 11 heteroatoms. The van der Waals surface area contributed by atoms with Crippen LogP contribution < -0.4 is 5.32 Å². The van der Waals surface area contributed by atoms with Gasteiger partial charge in [-0.15, -0.1) is 10.2 Å². The molecule has 4 rings (SSSR count). The first kappa shape index (κ1) is 27.6. The van der Waals surface area contributed by atoms with Crippen molar-refractivity contribution in [2.75, 3.05) is 5.32 Å². The lowest BCUT2D eigenvalue weighted by Gasteiger charge is -2.19. The molecule has 1 atom stereocenters. The summed E-state index contributed by atoms with van der Waals surface area (Å²) in [7, 11) is 0. The number of hydrogen-bond acceptors (Lipinski definition) is 6. The minimum atomic E-state index is -0.593. The van der Waals surface area contributed by atoms with Gasteiger partial charge in [-0.3, -0.25) is 19.5 Å². The van der Waals surface area contributed by atoms with E-state index in [2.05, 4.69) is 41.5 Å². The highest BCUT2D eigenvalue weighted by Gasteiger charge is 2.25. The molecule has 1 amide bonds. The SMILES string of the molecule is CCc1cccc(CC)c1-n1c(SC(C)C(=O)Nc2cccc([N+](=O)[O-])c2)nnc1-c1ccc(Cl)cc1Cl. The maximum absolute atomic E-state index is 13.1. The van der Waals surface area contributed by atoms with Gasteiger partial charge in [-0.1, -0.05) is 73.1 Å². The number of aryl methyl sites for hydroxylation is 2. The number of carbonyl (C=O) groups is 1. The summed E-state index contributed by atoms with van der Waals surface area (Å²) in [5.74, 6) is 0.215. The number of carbonyl (C=O) groups excluding carboxylic acids is 1. The van der Waals surface area contributed by atoms with Crippen molar-refractivity contribution in [1.29, 1.82) is 0 Å². The van der Waals surface area contributed by atoms with E-state index in [9.17, 15) is 14.9 Å². The van der Waals surface area contributed by atoms with Crippen LogP contribution in [-0.2, 0) is 17.6 Å². The number of amides is 1. The molecule has 1 unspecified atom stereocenters. The fraction of sp³-hybridized carbons (Fsp3) is 0.222. The number of halogens is 2. The van der Waals surface area contributed by atoms with Gasteiger partial charge in [0.15, 0.2) is 11.0 Å². The van der Waals surface area contributed by atoms with E-state index in [0.29, 0.717) is 32.3 Å². The van der Waals surface area contributed by atoms with Crippen molar-refractivity contribution in [3.63, 3.8) is 0 Å². The number of aromatic nitrogens is 3. The van der Waals surface area contributed by atoms with Crippen molar-refractivity contribution in [1.82, 2.24) is 14.8 Å². The number of non-ortho nitro benzene ring substituents is 1. The number of nitro benzene ring substituents is 1. The van der Waals surface area contributed by atoms with Gasteiger partial charge in [0.1, 0.15) is 0 Å². The number of nitrogens with zero attached hydrogens (tertiary/aromatic N) is 4. The standard InChI is InChI=1S/C27H25Cl2N5O3S/c1-4-17-8-6-9-18(5-2)24(17)33-25(22-13-12-19(28)14-23(22)29)31-32-27(33)38-16(3)26(35)30-20-10-7-11-21(15-20)34(36)37/h6-16H,4-5H2,1-3H3,(H,30,35). The summed E-state index contributed by atoms with van der Waals surface area (Å²) < 4.78 is 1.95. The molecule has 0 bridgehead atoms. The second-order valence-corrected chi connectivity index (χ2v) is 10.6. The summed E-state index contributed by atoms with van der Waals surface area (Å²) in [6, 6.07) is 17.2. The lowest BCUT2D eigenvalue weighted by atomic mass is 10.0. The highest BCUT2D eigenvalue weighted by atomic mass is 35.5. The largest absolute Gasteiger partial charge is 0.325 e. The van der Waals surface area contributed by atoms with Crippen LogP contribution in [0.15, 0.2) is 65.8 Å². The Hall–Kier alpha value is -3.40. The van der Waals surface area contributed by atoms with Crippen LogP contribution >= 0.6 is 35.0 Å². The first-order valence-corrected chi connectivity index (χ1v) is 13.6. The highest BCUT2D eigenvalue weighted by molar-refractivity contribution is 8.00. The van der Waals surface area contributed by atoms with Gasteiger partial charge < -0.3 is 5.32 Å². The van der Waals surface area contributed by atoms with Gasteiger partial charge in [0.2, 0.25) is 5.91 Å². The summed E-state index contributed by atoms with van der Waals surface area (Å²) in [6.07, 6.45) is 1.56. The summed E-state index contributed by atoms with van der Waals surface area (Å²) in [5.41, 5.74) is 4.07. The molecule has 0 saturated carbocycles. The Labute approximate surface area is 234 Å². The summed E-state index contributed by atoms with van der Waals surface area (Å²) >= 11 is 14.0. The molecular formula is C27H25Cl2N5O3S. The topological polar surface area (TPSA) is 103 Å². The number of nitro groups is 1. The van der Waals surface area contributed by atoms with Crippen molar-refractivity contribution < 1.29 is 9.72 Å². The molecule has 0 saturated heterocycles. The maximum Gasteiger partial charge on any atom is 0.271 e. The second kappa shape index (κ2) is 12.0. The first-order valence-electron chi connectivity index (χ1n) is 12.0. The first-order chi connectivity index (χ1) is 18.2. The minimum Gasteiger partial charge on any atom is -0.325 e. The molecule has 0 fully saturated rings. The molecule has 0 aliphatic rings. The van der Waals surface area contributed by atoms with Crippen molar-refractivity contribution in [2.24, 2.45) is 0 Å². The van der Waals surface area contributed by atoms with E-state index in [4.69, 9.17) is 23.2 Å². The number of nitrogens with one attached hydrogen (secondary N) is 1. The van der Waals surface area contributed by atoms with Crippen LogP contribution in [0, 0.1) is 10.1 Å². The molecule has 3 aromatic carbocycles. The smallest absolute Gasteiger partial charge is 0.271 e. The number of rotatable bonds is 9. The third-order valence-electron chi connectivity index (χ3n) is 5.97. The zero-order valence-electron chi connectivity index (χ0n) is 20.9. The van der Waals surface area contributed by atoms with Gasteiger partial charge in [0.25, 0.3) is 5.69 Å². The van der Waals surface area contributed by atoms with E-state index in [1.807, 2.05) is 10.6 Å². The summed E-state index contributed by atoms with van der Waals surface area (Å²) in [6.45, 7) is 5.91. The molecule has 0 radical (unpaired) electrons. The van der Waals surface area contributed by atoms with Gasteiger partial charge in [-0.25, -0.2) is 0 Å². The molecular weight excluding hydrogens is 545 g/mol. The summed E-state index contributed by atoms with van der Waals surface area (Å²) in [4.78, 5) is 23.7. The van der Waals surface area contributed by atoms with Crippen molar-refractivity contribution >= 4 is 52.2 Å². The predicted molar refractivity (Wildman–Crippen MR) is 153 cm³/mol. The van der Waals surface area contributed by atoms with Gasteiger partial charge >= 0.3 is 0 Å². The fourth-order valence-electron chi connectivity index (χ4n) is 4.05. The average molecular weight is 571 g/mol. The Morgan fingerprint density at radius 1 is 1.05 bits per heavy atom. The van der Waals surface area contributed by atoms with E-state index >= 15 is 0 Å². The van der Waals surface area contributed by atoms with Crippen LogP contribution in [0.1, 0.15) is 31.9 Å². The molecule has 0 spiro atoms. The van der Waals surface area contributed by atoms with Crippen LogP contribution in [0.5, 0.6) is 0 Å². The molecule has 0 aliphatic carbocycles. The molecule has 38 heavy (non-hydrogen) atoms. The number of thioether (sulfide) groups is 1. The van der Waals surface area contributed by atoms with E-state index in [0.717, 1.165) is 29.7 Å². The minimum absolute atomic E-state index is 0.101.